The summed E-state index contributed by atoms with van der Waals surface area (Å²) < 4.78 is 7.26. The van der Waals surface area contributed by atoms with Crippen LogP contribution in [0.15, 0.2) is 22.9 Å². The van der Waals surface area contributed by atoms with Gasteiger partial charge in [0.2, 0.25) is 0 Å². The summed E-state index contributed by atoms with van der Waals surface area (Å²) in [6.07, 6.45) is 3.28. The Morgan fingerprint density at radius 3 is 2.70 bits per heavy atom. The summed E-state index contributed by atoms with van der Waals surface area (Å²) in [5.74, 6) is 0.800. The van der Waals surface area contributed by atoms with Gasteiger partial charge in [-0.1, -0.05) is 0 Å². The molecule has 0 aromatic carbocycles. The molecule has 1 atom stereocenters. The van der Waals surface area contributed by atoms with Gasteiger partial charge in [0.25, 0.3) is 11.8 Å². The minimum atomic E-state index is -0.218. The maximum atomic E-state index is 12.7. The van der Waals surface area contributed by atoms with Gasteiger partial charge in [0.05, 0.1) is 12.3 Å². The van der Waals surface area contributed by atoms with Crippen molar-refractivity contribution in [3.63, 3.8) is 0 Å². The van der Waals surface area contributed by atoms with Gasteiger partial charge in [-0.2, -0.15) is 0 Å². The van der Waals surface area contributed by atoms with Crippen molar-refractivity contribution in [1.82, 2.24) is 19.4 Å². The number of imidazole rings is 1. The first-order valence-corrected chi connectivity index (χ1v) is 7.54. The van der Waals surface area contributed by atoms with E-state index in [9.17, 15) is 9.59 Å². The molecule has 1 aliphatic rings. The summed E-state index contributed by atoms with van der Waals surface area (Å²) in [6.45, 7) is 4.93. The van der Waals surface area contributed by atoms with Crippen LogP contribution in [0.3, 0.4) is 0 Å². The minimum absolute atomic E-state index is 0.140. The Bertz CT molecular complexity index is 759. The number of amides is 2. The van der Waals surface area contributed by atoms with Crippen LogP contribution in [0.1, 0.15) is 45.4 Å². The molecule has 2 aromatic heterocycles. The van der Waals surface area contributed by atoms with E-state index in [1.54, 1.807) is 31.3 Å². The highest BCUT2D eigenvalue weighted by atomic mass is 16.3. The smallest absolute Gasteiger partial charge is 0.290 e. The molecule has 23 heavy (non-hydrogen) atoms. The standard InChI is InChI=1S/C16H20N4O3/c1-10-5-8-23-13(10)16(22)20-7-6-19-9-12(15(21)18(3)4)17-14(19)11(20)2/h5,8-9,11H,6-7H2,1-4H3/t11-/m0/s1. The van der Waals surface area contributed by atoms with E-state index in [4.69, 9.17) is 4.42 Å². The van der Waals surface area contributed by atoms with Crippen molar-refractivity contribution < 1.29 is 14.0 Å². The fraction of sp³-hybridized carbons (Fsp3) is 0.438. The molecule has 0 N–H and O–H groups in total. The lowest BCUT2D eigenvalue weighted by Crippen LogP contribution is -2.41. The molecule has 0 aliphatic carbocycles. The van der Waals surface area contributed by atoms with Gasteiger partial charge in [-0.25, -0.2) is 4.98 Å². The fourth-order valence-electron chi connectivity index (χ4n) is 2.82. The van der Waals surface area contributed by atoms with E-state index >= 15 is 0 Å². The number of hydrogen-bond donors (Lipinski definition) is 0. The van der Waals surface area contributed by atoms with E-state index in [0.29, 0.717) is 24.5 Å². The van der Waals surface area contributed by atoms with Crippen LogP contribution < -0.4 is 0 Å². The van der Waals surface area contributed by atoms with Crippen molar-refractivity contribution in [2.24, 2.45) is 0 Å². The second-order valence-electron chi connectivity index (χ2n) is 5.98. The molecule has 3 heterocycles. The molecule has 3 rings (SSSR count). The van der Waals surface area contributed by atoms with Crippen LogP contribution in [-0.2, 0) is 6.54 Å². The Kier molecular flexibility index (Phi) is 3.71. The van der Waals surface area contributed by atoms with E-state index in [-0.39, 0.29) is 17.9 Å². The summed E-state index contributed by atoms with van der Waals surface area (Å²) in [7, 11) is 3.39. The molecule has 0 unspecified atom stereocenters. The highest BCUT2D eigenvalue weighted by Crippen LogP contribution is 2.27. The highest BCUT2D eigenvalue weighted by Gasteiger charge is 2.33. The molecular weight excluding hydrogens is 296 g/mol. The summed E-state index contributed by atoms with van der Waals surface area (Å²) in [6, 6.07) is 1.56. The third-order valence-corrected chi connectivity index (χ3v) is 4.17. The zero-order valence-electron chi connectivity index (χ0n) is 13.7. The Balaban J connectivity index is 1.89. The van der Waals surface area contributed by atoms with Crippen LogP contribution in [0, 0.1) is 6.92 Å². The predicted molar refractivity (Wildman–Crippen MR) is 83.1 cm³/mol. The van der Waals surface area contributed by atoms with Gasteiger partial charge < -0.3 is 18.8 Å². The molecule has 0 radical (unpaired) electrons. The molecule has 0 fully saturated rings. The first-order valence-electron chi connectivity index (χ1n) is 7.54. The Hall–Kier alpha value is -2.57. The third-order valence-electron chi connectivity index (χ3n) is 4.17. The number of carbonyl (C=O) groups excluding carboxylic acids is 2. The largest absolute Gasteiger partial charge is 0.459 e. The number of hydrogen-bond acceptors (Lipinski definition) is 4. The fourth-order valence-corrected chi connectivity index (χ4v) is 2.82. The quantitative estimate of drug-likeness (QED) is 0.845. The minimum Gasteiger partial charge on any atom is -0.459 e. The molecule has 1 aliphatic heterocycles. The number of aryl methyl sites for hydroxylation is 1. The Morgan fingerprint density at radius 2 is 2.09 bits per heavy atom. The average molecular weight is 316 g/mol. The van der Waals surface area contributed by atoms with Crippen molar-refractivity contribution in [2.75, 3.05) is 20.6 Å². The second-order valence-corrected chi connectivity index (χ2v) is 5.98. The molecule has 7 heteroatoms. The number of nitrogens with zero attached hydrogens (tertiary/aromatic N) is 4. The van der Waals surface area contributed by atoms with E-state index in [1.165, 1.54) is 11.2 Å². The zero-order valence-corrected chi connectivity index (χ0v) is 13.7. The van der Waals surface area contributed by atoms with Crippen molar-refractivity contribution in [3.05, 3.63) is 41.4 Å². The predicted octanol–water partition coefficient (Wildman–Crippen LogP) is 1.70. The van der Waals surface area contributed by atoms with Gasteiger partial charge in [0.1, 0.15) is 11.5 Å². The van der Waals surface area contributed by atoms with Crippen LogP contribution in [0.2, 0.25) is 0 Å². The van der Waals surface area contributed by atoms with Crippen LogP contribution in [0.25, 0.3) is 0 Å². The number of carbonyl (C=O) groups is 2. The van der Waals surface area contributed by atoms with Gasteiger partial charge >= 0.3 is 0 Å². The molecule has 2 aromatic rings. The number of aromatic nitrogens is 2. The molecule has 0 bridgehead atoms. The van der Waals surface area contributed by atoms with Gasteiger partial charge in [-0.15, -0.1) is 0 Å². The number of rotatable bonds is 2. The van der Waals surface area contributed by atoms with Crippen molar-refractivity contribution in [2.45, 2.75) is 26.4 Å². The number of furan rings is 1. The van der Waals surface area contributed by atoms with E-state index in [2.05, 4.69) is 4.98 Å². The Morgan fingerprint density at radius 1 is 1.35 bits per heavy atom. The maximum absolute atomic E-state index is 12.7. The van der Waals surface area contributed by atoms with Gasteiger partial charge in [0, 0.05) is 38.9 Å². The van der Waals surface area contributed by atoms with E-state index < -0.39 is 0 Å². The lowest BCUT2D eigenvalue weighted by Gasteiger charge is -2.33. The molecule has 7 nitrogen and oxygen atoms in total. The van der Waals surface area contributed by atoms with Gasteiger partial charge in [0.15, 0.2) is 5.76 Å². The third kappa shape index (κ3) is 2.52. The van der Waals surface area contributed by atoms with Gasteiger partial charge in [-0.3, -0.25) is 9.59 Å². The lowest BCUT2D eigenvalue weighted by atomic mass is 10.1. The normalized spacial score (nSPS) is 17.0. The average Bonchev–Trinajstić information content (AvgIpc) is 3.12. The SMILES string of the molecule is Cc1ccoc1C(=O)N1CCn2cc(C(=O)N(C)C)nc2[C@@H]1C. The molecular formula is C16H20N4O3. The van der Waals surface area contributed by atoms with Crippen LogP contribution in [0.5, 0.6) is 0 Å². The van der Waals surface area contributed by atoms with Crippen LogP contribution in [0.4, 0.5) is 0 Å². The molecule has 122 valence electrons. The number of fused-ring (bicyclic) bond motifs is 1. The molecule has 0 saturated heterocycles. The molecule has 2 amide bonds. The summed E-state index contributed by atoms with van der Waals surface area (Å²) in [5.41, 5.74) is 1.22. The lowest BCUT2D eigenvalue weighted by molar-refractivity contribution is 0.0604. The highest BCUT2D eigenvalue weighted by molar-refractivity contribution is 5.93. The molecule has 0 saturated carbocycles. The first kappa shape index (κ1) is 15.3. The van der Waals surface area contributed by atoms with Crippen molar-refractivity contribution in [1.29, 1.82) is 0 Å². The van der Waals surface area contributed by atoms with Crippen molar-refractivity contribution >= 4 is 11.8 Å². The molecule has 0 spiro atoms. The topological polar surface area (TPSA) is 71.6 Å². The Labute approximate surface area is 134 Å². The van der Waals surface area contributed by atoms with E-state index in [1.807, 2.05) is 18.4 Å². The van der Waals surface area contributed by atoms with Crippen LogP contribution >= 0.6 is 0 Å². The summed E-state index contributed by atoms with van der Waals surface area (Å²) in [5, 5.41) is 0. The zero-order chi connectivity index (χ0) is 16.7. The van der Waals surface area contributed by atoms with E-state index in [0.717, 1.165) is 11.4 Å². The maximum Gasteiger partial charge on any atom is 0.290 e. The summed E-state index contributed by atoms with van der Waals surface area (Å²) >= 11 is 0. The summed E-state index contributed by atoms with van der Waals surface area (Å²) in [4.78, 5) is 32.4. The monoisotopic (exact) mass is 316 g/mol. The van der Waals surface area contributed by atoms with Crippen LogP contribution in [-0.4, -0.2) is 51.8 Å². The second kappa shape index (κ2) is 5.57. The first-order chi connectivity index (χ1) is 10.9. The van der Waals surface area contributed by atoms with Crippen molar-refractivity contribution in [3.8, 4) is 0 Å². The van der Waals surface area contributed by atoms with Gasteiger partial charge in [-0.05, 0) is 19.9 Å².